The SMILES string of the molecule is CCCN1C(=O)CSc2ccc(C(C)O)cc21. The van der Waals surface area contributed by atoms with E-state index in [1.807, 2.05) is 23.1 Å². The summed E-state index contributed by atoms with van der Waals surface area (Å²) in [4.78, 5) is 14.8. The van der Waals surface area contributed by atoms with Crippen molar-refractivity contribution < 1.29 is 9.90 Å². The molecule has 0 fully saturated rings. The van der Waals surface area contributed by atoms with Crippen LogP contribution in [0.15, 0.2) is 23.1 Å². The first-order chi connectivity index (χ1) is 8.13. The third kappa shape index (κ3) is 2.48. The third-order valence-electron chi connectivity index (χ3n) is 2.86. The molecule has 0 bridgehead atoms. The number of anilines is 1. The quantitative estimate of drug-likeness (QED) is 0.897. The molecule has 1 aromatic rings. The molecule has 1 N–H and O–H groups in total. The van der Waals surface area contributed by atoms with Crippen LogP contribution in [0.3, 0.4) is 0 Å². The first-order valence-electron chi connectivity index (χ1n) is 5.88. The average Bonchev–Trinajstić information content (AvgIpc) is 2.32. The molecule has 0 aromatic heterocycles. The highest BCUT2D eigenvalue weighted by molar-refractivity contribution is 8.00. The molecule has 1 aliphatic rings. The van der Waals surface area contributed by atoms with Crippen molar-refractivity contribution in [3.63, 3.8) is 0 Å². The molecule has 0 saturated heterocycles. The predicted octanol–water partition coefficient (Wildman–Crippen LogP) is 2.59. The van der Waals surface area contributed by atoms with Gasteiger partial charge in [0, 0.05) is 11.4 Å². The summed E-state index contributed by atoms with van der Waals surface area (Å²) in [6.45, 7) is 4.55. The van der Waals surface area contributed by atoms with Gasteiger partial charge in [-0.2, -0.15) is 0 Å². The van der Waals surface area contributed by atoms with Gasteiger partial charge in [0.25, 0.3) is 0 Å². The van der Waals surface area contributed by atoms with Gasteiger partial charge < -0.3 is 10.0 Å². The summed E-state index contributed by atoms with van der Waals surface area (Å²) in [5.74, 6) is 0.674. The van der Waals surface area contributed by atoms with E-state index < -0.39 is 6.10 Å². The van der Waals surface area contributed by atoms with Gasteiger partial charge in [-0.3, -0.25) is 4.79 Å². The number of fused-ring (bicyclic) bond motifs is 1. The van der Waals surface area contributed by atoms with Crippen molar-refractivity contribution in [1.29, 1.82) is 0 Å². The second kappa shape index (κ2) is 5.10. The molecular weight excluding hydrogens is 234 g/mol. The number of benzene rings is 1. The highest BCUT2D eigenvalue weighted by Crippen LogP contribution is 2.37. The molecule has 1 aliphatic heterocycles. The molecule has 4 heteroatoms. The van der Waals surface area contributed by atoms with Crippen molar-refractivity contribution in [2.75, 3.05) is 17.2 Å². The molecule has 0 radical (unpaired) electrons. The van der Waals surface area contributed by atoms with Gasteiger partial charge in [-0.1, -0.05) is 13.0 Å². The largest absolute Gasteiger partial charge is 0.389 e. The number of hydrogen-bond acceptors (Lipinski definition) is 3. The summed E-state index contributed by atoms with van der Waals surface area (Å²) in [5, 5.41) is 9.60. The average molecular weight is 251 g/mol. The van der Waals surface area contributed by atoms with E-state index >= 15 is 0 Å². The van der Waals surface area contributed by atoms with Gasteiger partial charge in [0.15, 0.2) is 0 Å². The topological polar surface area (TPSA) is 40.5 Å². The zero-order valence-corrected chi connectivity index (χ0v) is 11.0. The van der Waals surface area contributed by atoms with Crippen LogP contribution in [0.25, 0.3) is 0 Å². The lowest BCUT2D eigenvalue weighted by Crippen LogP contribution is -2.36. The van der Waals surface area contributed by atoms with Crippen LogP contribution in [0.4, 0.5) is 5.69 Å². The Bertz CT molecular complexity index is 431. The predicted molar refractivity (Wildman–Crippen MR) is 70.4 cm³/mol. The van der Waals surface area contributed by atoms with Crippen LogP contribution < -0.4 is 4.90 Å². The Balaban J connectivity index is 2.41. The Morgan fingerprint density at radius 2 is 2.29 bits per heavy atom. The molecule has 1 unspecified atom stereocenters. The summed E-state index contributed by atoms with van der Waals surface area (Å²) in [5.41, 5.74) is 1.81. The summed E-state index contributed by atoms with van der Waals surface area (Å²) in [7, 11) is 0. The van der Waals surface area contributed by atoms with Gasteiger partial charge >= 0.3 is 0 Å². The Hall–Kier alpha value is -1.00. The third-order valence-corrected chi connectivity index (χ3v) is 3.90. The molecule has 0 saturated carbocycles. The van der Waals surface area contributed by atoms with Crippen molar-refractivity contribution in [1.82, 2.24) is 0 Å². The van der Waals surface area contributed by atoms with E-state index in [4.69, 9.17) is 0 Å². The minimum Gasteiger partial charge on any atom is -0.389 e. The second-order valence-corrected chi connectivity index (χ2v) is 5.25. The van der Waals surface area contributed by atoms with E-state index in [1.54, 1.807) is 18.7 Å². The van der Waals surface area contributed by atoms with Gasteiger partial charge in [0.05, 0.1) is 17.5 Å². The Morgan fingerprint density at radius 1 is 1.53 bits per heavy atom. The molecule has 3 nitrogen and oxygen atoms in total. The summed E-state index contributed by atoms with van der Waals surface area (Å²) in [6.07, 6.45) is 0.445. The fourth-order valence-corrected chi connectivity index (χ4v) is 2.86. The minimum absolute atomic E-state index is 0.159. The molecule has 1 heterocycles. The van der Waals surface area contributed by atoms with Gasteiger partial charge in [0.1, 0.15) is 0 Å². The van der Waals surface area contributed by atoms with Crippen molar-refractivity contribution >= 4 is 23.4 Å². The van der Waals surface area contributed by atoms with Crippen molar-refractivity contribution in [2.24, 2.45) is 0 Å². The lowest BCUT2D eigenvalue weighted by molar-refractivity contribution is -0.116. The van der Waals surface area contributed by atoms with E-state index in [0.29, 0.717) is 5.75 Å². The van der Waals surface area contributed by atoms with E-state index in [0.717, 1.165) is 29.1 Å². The number of carbonyl (C=O) groups excluding carboxylic acids is 1. The maximum atomic E-state index is 11.9. The van der Waals surface area contributed by atoms with Crippen LogP contribution in [0, 0.1) is 0 Å². The van der Waals surface area contributed by atoms with Crippen LogP contribution in [-0.2, 0) is 4.79 Å². The summed E-state index contributed by atoms with van der Waals surface area (Å²) in [6, 6.07) is 5.85. The van der Waals surface area contributed by atoms with Gasteiger partial charge in [0.2, 0.25) is 5.91 Å². The lowest BCUT2D eigenvalue weighted by atomic mass is 10.1. The van der Waals surface area contributed by atoms with Gasteiger partial charge in [-0.25, -0.2) is 0 Å². The van der Waals surface area contributed by atoms with E-state index in [-0.39, 0.29) is 5.91 Å². The van der Waals surface area contributed by atoms with Crippen molar-refractivity contribution in [3.8, 4) is 0 Å². The number of thioether (sulfide) groups is 1. The van der Waals surface area contributed by atoms with Crippen LogP contribution in [-0.4, -0.2) is 23.3 Å². The number of carbonyl (C=O) groups is 1. The summed E-state index contributed by atoms with van der Waals surface area (Å²) >= 11 is 1.57. The molecule has 1 amide bonds. The molecule has 92 valence electrons. The van der Waals surface area contributed by atoms with Crippen LogP contribution in [0.2, 0.25) is 0 Å². The molecule has 1 aromatic carbocycles. The van der Waals surface area contributed by atoms with Crippen molar-refractivity contribution in [3.05, 3.63) is 23.8 Å². The molecule has 0 aliphatic carbocycles. The first-order valence-corrected chi connectivity index (χ1v) is 6.87. The second-order valence-electron chi connectivity index (χ2n) is 4.24. The first kappa shape index (κ1) is 12.5. The maximum Gasteiger partial charge on any atom is 0.237 e. The molecule has 17 heavy (non-hydrogen) atoms. The van der Waals surface area contributed by atoms with E-state index in [9.17, 15) is 9.90 Å². The minimum atomic E-state index is -0.495. The monoisotopic (exact) mass is 251 g/mol. The Morgan fingerprint density at radius 3 is 2.94 bits per heavy atom. The fraction of sp³-hybridized carbons (Fsp3) is 0.462. The van der Waals surface area contributed by atoms with Crippen LogP contribution in [0.1, 0.15) is 31.9 Å². The lowest BCUT2D eigenvalue weighted by Gasteiger charge is -2.29. The maximum absolute atomic E-state index is 11.9. The number of amides is 1. The van der Waals surface area contributed by atoms with Gasteiger partial charge in [-0.15, -0.1) is 11.8 Å². The van der Waals surface area contributed by atoms with Gasteiger partial charge in [-0.05, 0) is 31.0 Å². The van der Waals surface area contributed by atoms with Crippen LogP contribution >= 0.6 is 11.8 Å². The smallest absolute Gasteiger partial charge is 0.237 e. The Kier molecular flexibility index (Phi) is 3.74. The number of rotatable bonds is 3. The van der Waals surface area contributed by atoms with E-state index in [2.05, 4.69) is 6.92 Å². The van der Waals surface area contributed by atoms with E-state index in [1.165, 1.54) is 0 Å². The number of aliphatic hydroxyl groups is 1. The standard InChI is InChI=1S/C13H17NO2S/c1-3-6-14-11-7-10(9(2)15)4-5-12(11)17-8-13(14)16/h4-5,7,9,15H,3,6,8H2,1-2H3. The summed E-state index contributed by atoms with van der Waals surface area (Å²) < 4.78 is 0. The Labute approximate surface area is 106 Å². The normalized spacial score (nSPS) is 16.9. The number of hydrogen-bond donors (Lipinski definition) is 1. The molecule has 2 rings (SSSR count). The zero-order chi connectivity index (χ0) is 12.4. The zero-order valence-electron chi connectivity index (χ0n) is 10.1. The highest BCUT2D eigenvalue weighted by atomic mass is 32.2. The van der Waals surface area contributed by atoms with Crippen LogP contribution in [0.5, 0.6) is 0 Å². The molecule has 0 spiro atoms. The highest BCUT2D eigenvalue weighted by Gasteiger charge is 2.24. The fourth-order valence-electron chi connectivity index (χ4n) is 1.95. The molecule has 1 atom stereocenters. The number of aliphatic hydroxyl groups excluding tert-OH is 1. The van der Waals surface area contributed by atoms with Crippen molar-refractivity contribution in [2.45, 2.75) is 31.3 Å². The molecular formula is C13H17NO2S. The number of nitrogens with zero attached hydrogens (tertiary/aromatic N) is 1.